The second kappa shape index (κ2) is 5.80. The van der Waals surface area contributed by atoms with E-state index >= 15 is 0 Å². The van der Waals surface area contributed by atoms with Crippen LogP contribution in [0.1, 0.15) is 0 Å². The molecule has 0 spiro atoms. The largest absolute Gasteiger partial charge is 0.325 e. The lowest BCUT2D eigenvalue weighted by molar-refractivity contribution is 1.02. The number of H-pyrrole nitrogens is 4. The van der Waals surface area contributed by atoms with Gasteiger partial charge in [-0.25, -0.2) is 9.59 Å². The van der Waals surface area contributed by atoms with Crippen LogP contribution in [0.2, 0.25) is 0 Å². The lowest BCUT2D eigenvalue weighted by atomic mass is 10.7. The number of rotatable bonds is 0. The smallest absolute Gasteiger partial charge is 0.314 e. The summed E-state index contributed by atoms with van der Waals surface area (Å²) in [5, 5.41) is 0. The average Bonchev–Trinajstić information content (AvgIpc) is 2.24. The van der Waals surface area contributed by atoms with E-state index < -0.39 is 16.9 Å². The van der Waals surface area contributed by atoms with Crippen molar-refractivity contribution in [3.63, 3.8) is 0 Å². The number of hydrogen-bond acceptors (Lipinski definition) is 4. The molecule has 0 saturated carbocycles. The molecule has 0 aliphatic heterocycles. The molecule has 0 aliphatic rings. The van der Waals surface area contributed by atoms with Gasteiger partial charge in [0.2, 0.25) is 0 Å². The normalized spacial score (nSPS) is 9.24. The predicted octanol–water partition coefficient (Wildman–Crippen LogP) is -1.11. The molecule has 2 heterocycles. The van der Waals surface area contributed by atoms with Gasteiger partial charge in [-0.15, -0.1) is 0 Å². The van der Waals surface area contributed by atoms with Crippen LogP contribution in [-0.4, -0.2) is 19.9 Å². The molecule has 2 aromatic rings. The molecule has 4 N–H and O–H groups in total. The summed E-state index contributed by atoms with van der Waals surface area (Å²) < 4.78 is 0.321. The summed E-state index contributed by atoms with van der Waals surface area (Å²) in [6, 6.07) is 1.24. The van der Waals surface area contributed by atoms with E-state index in [-0.39, 0.29) is 5.56 Å². The number of aromatic nitrogens is 4. The van der Waals surface area contributed by atoms with Crippen molar-refractivity contribution in [1.29, 1.82) is 0 Å². The fraction of sp³-hybridized carbons (Fsp3) is 0. The zero-order valence-electron chi connectivity index (χ0n) is 8.24. The quantitative estimate of drug-likeness (QED) is 0.491. The zero-order chi connectivity index (χ0) is 12.8. The summed E-state index contributed by atoms with van der Waals surface area (Å²) in [5.41, 5.74) is -1.77. The van der Waals surface area contributed by atoms with Crippen molar-refractivity contribution in [2.75, 3.05) is 0 Å². The number of hydrogen-bond donors (Lipinski definition) is 4. The summed E-state index contributed by atoms with van der Waals surface area (Å²) in [6.45, 7) is 0. The SMILES string of the molecule is O=c1[nH]cc(Br)c(=O)[nH]1.O=c1cc[nH]c(=O)[nH]1. The number of aromatic amines is 4. The van der Waals surface area contributed by atoms with Crippen molar-refractivity contribution in [2.45, 2.75) is 0 Å². The van der Waals surface area contributed by atoms with Crippen molar-refractivity contribution < 1.29 is 0 Å². The predicted molar refractivity (Wildman–Crippen MR) is 63.1 cm³/mol. The van der Waals surface area contributed by atoms with Gasteiger partial charge in [0, 0.05) is 18.5 Å². The van der Waals surface area contributed by atoms with Crippen molar-refractivity contribution >= 4 is 15.9 Å². The number of halogens is 1. The van der Waals surface area contributed by atoms with Gasteiger partial charge in [0.25, 0.3) is 11.1 Å². The van der Waals surface area contributed by atoms with Crippen LogP contribution >= 0.6 is 15.9 Å². The highest BCUT2D eigenvalue weighted by molar-refractivity contribution is 9.10. The Hall–Kier alpha value is -2.16. The molecule has 0 unspecified atom stereocenters. The minimum Gasteiger partial charge on any atom is -0.314 e. The third-order valence-electron chi connectivity index (χ3n) is 1.46. The highest BCUT2D eigenvalue weighted by Crippen LogP contribution is 1.93. The molecule has 2 rings (SSSR count). The van der Waals surface area contributed by atoms with Crippen molar-refractivity contribution in [3.05, 3.63) is 64.6 Å². The van der Waals surface area contributed by atoms with E-state index in [4.69, 9.17) is 0 Å². The topological polar surface area (TPSA) is 131 Å². The molecule has 9 heteroatoms. The van der Waals surface area contributed by atoms with Gasteiger partial charge in [0.1, 0.15) is 0 Å². The zero-order valence-corrected chi connectivity index (χ0v) is 9.83. The van der Waals surface area contributed by atoms with Gasteiger partial charge in [-0.2, -0.15) is 0 Å². The van der Waals surface area contributed by atoms with E-state index in [0.29, 0.717) is 4.47 Å². The van der Waals surface area contributed by atoms with Crippen LogP contribution in [0, 0.1) is 0 Å². The Labute approximate surface area is 101 Å². The van der Waals surface area contributed by atoms with Gasteiger partial charge < -0.3 is 9.97 Å². The molecule has 8 nitrogen and oxygen atoms in total. The maximum atomic E-state index is 10.5. The lowest BCUT2D eigenvalue weighted by Crippen LogP contribution is -2.21. The summed E-state index contributed by atoms with van der Waals surface area (Å²) in [4.78, 5) is 49.8. The molecule has 0 bridgehead atoms. The van der Waals surface area contributed by atoms with Gasteiger partial charge in [0.05, 0.1) is 4.47 Å². The highest BCUT2D eigenvalue weighted by Gasteiger charge is 1.90. The summed E-state index contributed by atoms with van der Waals surface area (Å²) >= 11 is 2.92. The van der Waals surface area contributed by atoms with E-state index in [1.165, 1.54) is 18.5 Å². The van der Waals surface area contributed by atoms with E-state index in [0.717, 1.165) is 0 Å². The van der Waals surface area contributed by atoms with Crippen LogP contribution in [0.15, 0.2) is 42.1 Å². The molecule has 0 aromatic carbocycles. The lowest BCUT2D eigenvalue weighted by Gasteiger charge is -1.82. The Morgan fingerprint density at radius 1 is 0.941 bits per heavy atom. The molecule has 0 atom stereocenters. The van der Waals surface area contributed by atoms with Gasteiger partial charge in [-0.05, 0) is 15.9 Å². The van der Waals surface area contributed by atoms with Crippen LogP contribution in [0.5, 0.6) is 0 Å². The summed E-state index contributed by atoms with van der Waals surface area (Å²) in [5.74, 6) is 0. The van der Waals surface area contributed by atoms with Gasteiger partial charge in [-0.1, -0.05) is 0 Å². The van der Waals surface area contributed by atoms with Crippen molar-refractivity contribution in [2.24, 2.45) is 0 Å². The molecule has 0 amide bonds. The van der Waals surface area contributed by atoms with Crippen LogP contribution in [-0.2, 0) is 0 Å². The maximum absolute atomic E-state index is 10.5. The Morgan fingerprint density at radius 2 is 1.59 bits per heavy atom. The first kappa shape index (κ1) is 12.9. The molecule has 0 radical (unpaired) electrons. The first-order valence-electron chi connectivity index (χ1n) is 4.24. The third kappa shape index (κ3) is 4.47. The Kier molecular flexibility index (Phi) is 4.40. The molecule has 17 heavy (non-hydrogen) atoms. The average molecular weight is 303 g/mol. The molecule has 0 fully saturated rings. The van der Waals surface area contributed by atoms with E-state index in [1.807, 2.05) is 9.97 Å². The second-order valence-corrected chi connectivity index (χ2v) is 3.57. The standard InChI is InChI=1S/C4H3BrN2O2.C4H4N2O2/c5-2-1-6-4(9)7-3(2)8;7-3-1-2-5-4(8)6-3/h1H,(H2,6,7,8,9);1-2H,(H2,5,6,7,8). The molecular weight excluding hydrogens is 296 g/mol. The Balaban J connectivity index is 0.000000171. The molecular formula is C8H7BrN4O4. The van der Waals surface area contributed by atoms with Crippen LogP contribution < -0.4 is 22.5 Å². The molecule has 90 valence electrons. The van der Waals surface area contributed by atoms with Gasteiger partial charge in [-0.3, -0.25) is 19.6 Å². The summed E-state index contributed by atoms with van der Waals surface area (Å²) in [7, 11) is 0. The monoisotopic (exact) mass is 302 g/mol. The fourth-order valence-corrected chi connectivity index (χ4v) is 0.990. The first-order valence-corrected chi connectivity index (χ1v) is 5.04. The second-order valence-electron chi connectivity index (χ2n) is 2.72. The van der Waals surface area contributed by atoms with Gasteiger partial charge in [0.15, 0.2) is 0 Å². The van der Waals surface area contributed by atoms with Crippen molar-refractivity contribution in [1.82, 2.24) is 19.9 Å². The molecule has 0 aliphatic carbocycles. The minimum absolute atomic E-state index is 0.321. The maximum Gasteiger partial charge on any atom is 0.325 e. The van der Waals surface area contributed by atoms with E-state index in [9.17, 15) is 19.2 Å². The van der Waals surface area contributed by atoms with Gasteiger partial charge >= 0.3 is 11.4 Å². The number of nitrogens with one attached hydrogen (secondary N) is 4. The Bertz CT molecular complexity index is 685. The molecule has 2 aromatic heterocycles. The first-order chi connectivity index (χ1) is 7.99. The van der Waals surface area contributed by atoms with Crippen molar-refractivity contribution in [3.8, 4) is 0 Å². The molecule has 0 saturated heterocycles. The van der Waals surface area contributed by atoms with Crippen LogP contribution in [0.4, 0.5) is 0 Å². The highest BCUT2D eigenvalue weighted by atomic mass is 79.9. The van der Waals surface area contributed by atoms with Crippen LogP contribution in [0.3, 0.4) is 0 Å². The minimum atomic E-state index is -0.497. The Morgan fingerprint density at radius 3 is 2.00 bits per heavy atom. The fourth-order valence-electron chi connectivity index (χ4n) is 0.776. The van der Waals surface area contributed by atoms with Crippen LogP contribution in [0.25, 0.3) is 0 Å². The van der Waals surface area contributed by atoms with E-state index in [1.54, 1.807) is 0 Å². The third-order valence-corrected chi connectivity index (χ3v) is 2.05. The summed E-state index contributed by atoms with van der Waals surface area (Å²) in [6.07, 6.45) is 2.59. The van der Waals surface area contributed by atoms with E-state index in [2.05, 4.69) is 25.9 Å².